The number of hydrogen-bond donors (Lipinski definition) is 1. The van der Waals surface area contributed by atoms with Crippen LogP contribution in [0.3, 0.4) is 0 Å². The van der Waals surface area contributed by atoms with E-state index >= 15 is 0 Å². The van der Waals surface area contributed by atoms with Gasteiger partial charge in [0.05, 0.1) is 0 Å². The molecule has 1 amide bonds. The highest BCUT2D eigenvalue weighted by Gasteiger charge is 2.02. The molecule has 0 heterocycles. The summed E-state index contributed by atoms with van der Waals surface area (Å²) in [6.45, 7) is 2.27. The van der Waals surface area contributed by atoms with Crippen molar-refractivity contribution in [1.82, 2.24) is 0 Å². The molecular formula is C15H15NO2. The highest BCUT2D eigenvalue weighted by molar-refractivity contribution is 5.84. The molecule has 3 nitrogen and oxygen atoms in total. The molecule has 3 heteroatoms. The van der Waals surface area contributed by atoms with Gasteiger partial charge in [0.2, 0.25) is 0 Å². The number of amides is 1. The van der Waals surface area contributed by atoms with Gasteiger partial charge in [-0.1, -0.05) is 48.0 Å². The SMILES string of the molecule is Cc1ccc(NC(=O)OCc2ccccc2)cc1. The van der Waals surface area contributed by atoms with Crippen LogP contribution in [-0.2, 0) is 11.3 Å². The van der Waals surface area contributed by atoms with Gasteiger partial charge in [0.1, 0.15) is 6.61 Å². The Morgan fingerprint density at radius 1 is 1.06 bits per heavy atom. The van der Waals surface area contributed by atoms with Gasteiger partial charge in [-0.25, -0.2) is 4.79 Å². The number of nitrogens with one attached hydrogen (secondary N) is 1. The molecule has 2 aromatic carbocycles. The zero-order chi connectivity index (χ0) is 12.8. The minimum Gasteiger partial charge on any atom is -0.444 e. The van der Waals surface area contributed by atoms with Crippen LogP contribution in [0, 0.1) is 6.92 Å². The van der Waals surface area contributed by atoms with E-state index in [2.05, 4.69) is 5.32 Å². The number of carbonyl (C=O) groups excluding carboxylic acids is 1. The van der Waals surface area contributed by atoms with Crippen LogP contribution in [-0.4, -0.2) is 6.09 Å². The molecule has 2 rings (SSSR count). The summed E-state index contributed by atoms with van der Waals surface area (Å²) >= 11 is 0. The molecule has 0 aromatic heterocycles. The second-order valence-electron chi connectivity index (χ2n) is 4.05. The molecule has 0 aliphatic rings. The highest BCUT2D eigenvalue weighted by Crippen LogP contribution is 2.09. The first kappa shape index (κ1) is 12.2. The summed E-state index contributed by atoms with van der Waals surface area (Å²) in [7, 11) is 0. The zero-order valence-corrected chi connectivity index (χ0v) is 10.2. The fraction of sp³-hybridized carbons (Fsp3) is 0.133. The Hall–Kier alpha value is -2.29. The van der Waals surface area contributed by atoms with Gasteiger partial charge in [0.15, 0.2) is 0 Å². The first-order chi connectivity index (χ1) is 8.74. The monoisotopic (exact) mass is 241 g/mol. The summed E-state index contributed by atoms with van der Waals surface area (Å²) in [6, 6.07) is 17.2. The van der Waals surface area contributed by atoms with E-state index in [1.54, 1.807) is 0 Å². The van der Waals surface area contributed by atoms with Gasteiger partial charge in [-0.2, -0.15) is 0 Å². The quantitative estimate of drug-likeness (QED) is 0.888. The molecule has 18 heavy (non-hydrogen) atoms. The maximum Gasteiger partial charge on any atom is 0.411 e. The molecule has 0 aliphatic heterocycles. The summed E-state index contributed by atoms with van der Waals surface area (Å²) in [5.74, 6) is 0. The fourth-order valence-corrected chi connectivity index (χ4v) is 1.51. The predicted molar refractivity (Wildman–Crippen MR) is 71.4 cm³/mol. The Kier molecular flexibility index (Phi) is 3.97. The van der Waals surface area contributed by atoms with Gasteiger partial charge in [-0.05, 0) is 24.6 Å². The molecule has 92 valence electrons. The largest absolute Gasteiger partial charge is 0.444 e. The average Bonchev–Trinajstić information content (AvgIpc) is 2.40. The minimum absolute atomic E-state index is 0.276. The molecule has 0 fully saturated rings. The van der Waals surface area contributed by atoms with E-state index in [0.29, 0.717) is 0 Å². The van der Waals surface area contributed by atoms with E-state index in [9.17, 15) is 4.79 Å². The Labute approximate surface area is 106 Å². The molecular weight excluding hydrogens is 226 g/mol. The summed E-state index contributed by atoms with van der Waals surface area (Å²) in [4.78, 5) is 11.5. The first-order valence-electron chi connectivity index (χ1n) is 5.78. The first-order valence-corrected chi connectivity index (χ1v) is 5.78. The fourth-order valence-electron chi connectivity index (χ4n) is 1.51. The lowest BCUT2D eigenvalue weighted by molar-refractivity contribution is 0.155. The van der Waals surface area contributed by atoms with Gasteiger partial charge in [-0.15, -0.1) is 0 Å². The normalized spacial score (nSPS) is 9.83. The molecule has 2 aromatic rings. The predicted octanol–water partition coefficient (Wildman–Crippen LogP) is 3.74. The number of rotatable bonds is 3. The maximum atomic E-state index is 11.5. The van der Waals surface area contributed by atoms with Crippen molar-refractivity contribution in [3.05, 3.63) is 65.7 Å². The van der Waals surface area contributed by atoms with Crippen LogP contribution >= 0.6 is 0 Å². The van der Waals surface area contributed by atoms with E-state index in [1.165, 1.54) is 0 Å². The second kappa shape index (κ2) is 5.87. The van der Waals surface area contributed by atoms with Crippen LogP contribution in [0.4, 0.5) is 10.5 Å². The molecule has 0 radical (unpaired) electrons. The molecule has 0 saturated heterocycles. The second-order valence-corrected chi connectivity index (χ2v) is 4.05. The van der Waals surface area contributed by atoms with Crippen LogP contribution in [0.5, 0.6) is 0 Å². The van der Waals surface area contributed by atoms with Gasteiger partial charge in [0, 0.05) is 5.69 Å². The Morgan fingerprint density at radius 3 is 2.39 bits per heavy atom. The van der Waals surface area contributed by atoms with Crippen molar-refractivity contribution in [2.75, 3.05) is 5.32 Å². The summed E-state index contributed by atoms with van der Waals surface area (Å²) in [6.07, 6.45) is -0.442. The third-order valence-electron chi connectivity index (χ3n) is 2.51. The standard InChI is InChI=1S/C15H15NO2/c1-12-7-9-14(10-8-12)16-15(17)18-11-13-5-3-2-4-6-13/h2-10H,11H2,1H3,(H,16,17). The van der Waals surface area contributed by atoms with Gasteiger partial charge < -0.3 is 4.74 Å². The third kappa shape index (κ3) is 3.63. The molecule has 0 unspecified atom stereocenters. The molecule has 0 saturated carbocycles. The van der Waals surface area contributed by atoms with E-state index in [4.69, 9.17) is 4.74 Å². The lowest BCUT2D eigenvalue weighted by atomic mass is 10.2. The maximum absolute atomic E-state index is 11.5. The highest BCUT2D eigenvalue weighted by atomic mass is 16.5. The Morgan fingerprint density at radius 2 is 1.72 bits per heavy atom. The van der Waals surface area contributed by atoms with Gasteiger partial charge >= 0.3 is 6.09 Å². The van der Waals surface area contributed by atoms with Crippen LogP contribution < -0.4 is 5.32 Å². The molecule has 0 aliphatic carbocycles. The number of aryl methyl sites for hydroxylation is 1. The van der Waals surface area contributed by atoms with Crippen molar-refractivity contribution in [2.45, 2.75) is 13.5 Å². The van der Waals surface area contributed by atoms with Crippen LogP contribution in [0.2, 0.25) is 0 Å². The van der Waals surface area contributed by atoms with Crippen LogP contribution in [0.1, 0.15) is 11.1 Å². The number of ether oxygens (including phenoxy) is 1. The summed E-state index contributed by atoms with van der Waals surface area (Å²) < 4.78 is 5.11. The molecule has 1 N–H and O–H groups in total. The minimum atomic E-state index is -0.442. The topological polar surface area (TPSA) is 38.3 Å². The van der Waals surface area contributed by atoms with Crippen molar-refractivity contribution in [1.29, 1.82) is 0 Å². The number of hydrogen-bond acceptors (Lipinski definition) is 2. The van der Waals surface area contributed by atoms with Gasteiger partial charge in [-0.3, -0.25) is 5.32 Å². The Bertz CT molecular complexity index is 506. The van der Waals surface area contributed by atoms with Crippen LogP contribution in [0.25, 0.3) is 0 Å². The van der Waals surface area contributed by atoms with Crippen molar-refractivity contribution in [2.24, 2.45) is 0 Å². The van der Waals surface area contributed by atoms with E-state index in [-0.39, 0.29) is 6.61 Å². The van der Waals surface area contributed by atoms with Crippen molar-refractivity contribution >= 4 is 11.8 Å². The average molecular weight is 241 g/mol. The van der Waals surface area contributed by atoms with Crippen LogP contribution in [0.15, 0.2) is 54.6 Å². The third-order valence-corrected chi connectivity index (χ3v) is 2.51. The lowest BCUT2D eigenvalue weighted by Gasteiger charge is -2.07. The number of anilines is 1. The summed E-state index contributed by atoms with van der Waals surface area (Å²) in [5, 5.41) is 2.68. The van der Waals surface area contributed by atoms with E-state index in [1.807, 2.05) is 61.5 Å². The smallest absolute Gasteiger partial charge is 0.411 e. The van der Waals surface area contributed by atoms with E-state index in [0.717, 1.165) is 16.8 Å². The van der Waals surface area contributed by atoms with Crippen molar-refractivity contribution < 1.29 is 9.53 Å². The lowest BCUT2D eigenvalue weighted by Crippen LogP contribution is -2.13. The summed E-state index contributed by atoms with van der Waals surface area (Å²) in [5.41, 5.74) is 2.86. The molecule has 0 spiro atoms. The molecule has 0 atom stereocenters. The zero-order valence-electron chi connectivity index (χ0n) is 10.2. The number of carbonyl (C=O) groups is 1. The van der Waals surface area contributed by atoms with Gasteiger partial charge in [0.25, 0.3) is 0 Å². The van der Waals surface area contributed by atoms with Crippen molar-refractivity contribution in [3.8, 4) is 0 Å². The molecule has 0 bridgehead atoms. The van der Waals surface area contributed by atoms with E-state index < -0.39 is 6.09 Å². The Balaban J connectivity index is 1.84. The number of benzene rings is 2. The van der Waals surface area contributed by atoms with Crippen molar-refractivity contribution in [3.63, 3.8) is 0 Å².